The molecule has 0 unspecified atom stereocenters. The highest BCUT2D eigenvalue weighted by Gasteiger charge is 2.19. The minimum absolute atomic E-state index is 0.158. The lowest BCUT2D eigenvalue weighted by atomic mass is 10.2. The van der Waals surface area contributed by atoms with Crippen LogP contribution in [0.15, 0.2) is 53.4 Å². The predicted octanol–water partition coefficient (Wildman–Crippen LogP) is 1.82. The van der Waals surface area contributed by atoms with Crippen molar-refractivity contribution in [2.24, 2.45) is 0 Å². The molecule has 0 aliphatic carbocycles. The summed E-state index contributed by atoms with van der Waals surface area (Å²) in [7, 11) is -4.51. The molecule has 0 atom stereocenters. The number of hydrogen-bond acceptors (Lipinski definition) is 6. The van der Waals surface area contributed by atoms with Crippen LogP contribution in [0.1, 0.15) is 10.4 Å². The summed E-state index contributed by atoms with van der Waals surface area (Å²) in [4.78, 5) is 11.9. The van der Waals surface area contributed by atoms with E-state index in [1.807, 2.05) is 0 Å². The van der Waals surface area contributed by atoms with Gasteiger partial charge in [0.1, 0.15) is 4.90 Å². The summed E-state index contributed by atoms with van der Waals surface area (Å²) in [6, 6.07) is 11.9. The Hall–Kier alpha value is -2.89. The molecule has 0 saturated heterocycles. The number of H-pyrrole nitrogens is 1. The van der Waals surface area contributed by atoms with Gasteiger partial charge in [0.15, 0.2) is 0 Å². The smallest absolute Gasteiger partial charge is 0.295 e. The zero-order valence-corrected chi connectivity index (χ0v) is 14.1. The lowest BCUT2D eigenvalue weighted by Gasteiger charge is -2.09. The van der Waals surface area contributed by atoms with Crippen LogP contribution in [0.25, 0.3) is 5.69 Å². The van der Waals surface area contributed by atoms with E-state index in [-0.39, 0.29) is 10.3 Å². The van der Waals surface area contributed by atoms with Gasteiger partial charge < -0.3 is 5.32 Å². The molecular formula is C14H11N5O4S2. The number of tetrazole rings is 1. The van der Waals surface area contributed by atoms with Gasteiger partial charge in [-0.2, -0.15) is 13.6 Å². The standard InChI is InChI=1S/C14H11N5O4S2/c20-13(11-3-1-2-4-12(11)25(21,22)23)15-9-5-7-10(8-6-9)19-14(24)16-17-18-19/h1-8H,(H,15,20)(H,16,18,24)(H,21,22,23). The number of carbonyl (C=O) groups excluding carboxylic acids is 1. The number of nitrogens with zero attached hydrogens (tertiary/aromatic N) is 3. The third kappa shape index (κ3) is 3.63. The van der Waals surface area contributed by atoms with Crippen LogP contribution in [0.5, 0.6) is 0 Å². The Morgan fingerprint density at radius 3 is 2.44 bits per heavy atom. The Kier molecular flexibility index (Phi) is 4.44. The molecule has 0 aliphatic rings. The third-order valence-corrected chi connectivity index (χ3v) is 4.44. The van der Waals surface area contributed by atoms with Crippen LogP contribution in [0.2, 0.25) is 0 Å². The summed E-state index contributed by atoms with van der Waals surface area (Å²) in [5, 5.41) is 12.4. The maximum atomic E-state index is 12.3. The molecule has 25 heavy (non-hydrogen) atoms. The van der Waals surface area contributed by atoms with Crippen molar-refractivity contribution in [3.8, 4) is 5.69 Å². The molecule has 0 aliphatic heterocycles. The van der Waals surface area contributed by atoms with E-state index in [0.717, 1.165) is 6.07 Å². The van der Waals surface area contributed by atoms with Crippen molar-refractivity contribution >= 4 is 33.9 Å². The first-order valence-electron chi connectivity index (χ1n) is 6.85. The van der Waals surface area contributed by atoms with Crippen LogP contribution in [0, 0.1) is 4.77 Å². The first kappa shape index (κ1) is 17.0. The highest BCUT2D eigenvalue weighted by molar-refractivity contribution is 7.86. The van der Waals surface area contributed by atoms with Gasteiger partial charge in [0, 0.05) is 5.69 Å². The second kappa shape index (κ2) is 6.55. The minimum Gasteiger partial charge on any atom is -0.322 e. The fraction of sp³-hybridized carbons (Fsp3) is 0. The van der Waals surface area contributed by atoms with Crippen LogP contribution in [0.3, 0.4) is 0 Å². The average molecular weight is 377 g/mol. The maximum absolute atomic E-state index is 12.3. The van der Waals surface area contributed by atoms with E-state index in [2.05, 4.69) is 20.8 Å². The Labute approximate surface area is 147 Å². The molecule has 3 aromatic rings. The molecule has 0 spiro atoms. The third-order valence-electron chi connectivity index (χ3n) is 3.26. The summed E-state index contributed by atoms with van der Waals surface area (Å²) in [6.45, 7) is 0. The molecule has 128 valence electrons. The molecule has 3 rings (SSSR count). The molecule has 2 aromatic carbocycles. The lowest BCUT2D eigenvalue weighted by molar-refractivity contribution is 0.102. The van der Waals surface area contributed by atoms with Gasteiger partial charge in [-0.05, 0) is 48.6 Å². The molecule has 3 N–H and O–H groups in total. The zero-order chi connectivity index (χ0) is 18.0. The number of anilines is 1. The molecule has 11 heteroatoms. The highest BCUT2D eigenvalue weighted by atomic mass is 32.2. The molecule has 1 amide bonds. The highest BCUT2D eigenvalue weighted by Crippen LogP contribution is 2.18. The molecule has 9 nitrogen and oxygen atoms in total. The van der Waals surface area contributed by atoms with Crippen LogP contribution >= 0.6 is 12.2 Å². The predicted molar refractivity (Wildman–Crippen MR) is 90.8 cm³/mol. The van der Waals surface area contributed by atoms with Crippen LogP contribution < -0.4 is 5.32 Å². The summed E-state index contributed by atoms with van der Waals surface area (Å²) in [5.41, 5.74) is 0.929. The average Bonchev–Trinajstić information content (AvgIpc) is 3.01. The zero-order valence-electron chi connectivity index (χ0n) is 12.4. The normalized spacial score (nSPS) is 11.2. The fourth-order valence-electron chi connectivity index (χ4n) is 2.14. The summed E-state index contributed by atoms with van der Waals surface area (Å²) < 4.78 is 33.7. The van der Waals surface area contributed by atoms with Gasteiger partial charge in [-0.1, -0.05) is 22.4 Å². The monoisotopic (exact) mass is 377 g/mol. The van der Waals surface area contributed by atoms with Gasteiger partial charge in [0.05, 0.1) is 11.3 Å². The van der Waals surface area contributed by atoms with Gasteiger partial charge >= 0.3 is 0 Å². The number of amides is 1. The molecule has 0 bridgehead atoms. The maximum Gasteiger partial charge on any atom is 0.295 e. The van der Waals surface area contributed by atoms with Gasteiger partial charge in [-0.15, -0.1) is 0 Å². The van der Waals surface area contributed by atoms with E-state index in [1.165, 1.54) is 22.9 Å². The van der Waals surface area contributed by atoms with Crippen molar-refractivity contribution in [2.45, 2.75) is 4.90 Å². The van der Waals surface area contributed by atoms with Crippen molar-refractivity contribution < 1.29 is 17.8 Å². The van der Waals surface area contributed by atoms with Gasteiger partial charge in [-0.25, -0.2) is 4.68 Å². The number of aromatic nitrogens is 4. The van der Waals surface area contributed by atoms with Crippen molar-refractivity contribution in [2.75, 3.05) is 5.32 Å². The lowest BCUT2D eigenvalue weighted by Crippen LogP contribution is -2.16. The first-order chi connectivity index (χ1) is 11.9. The Morgan fingerprint density at radius 1 is 1.16 bits per heavy atom. The molecule has 0 saturated carbocycles. The number of carbonyl (C=O) groups is 1. The van der Waals surface area contributed by atoms with Gasteiger partial charge in [0.25, 0.3) is 16.0 Å². The fourth-order valence-corrected chi connectivity index (χ4v) is 3.01. The van der Waals surface area contributed by atoms with Crippen LogP contribution in [0.4, 0.5) is 5.69 Å². The number of benzene rings is 2. The topological polar surface area (TPSA) is 130 Å². The van der Waals surface area contributed by atoms with Crippen LogP contribution in [-0.4, -0.2) is 39.1 Å². The Balaban J connectivity index is 1.85. The van der Waals surface area contributed by atoms with Crippen molar-refractivity contribution in [1.82, 2.24) is 20.2 Å². The van der Waals surface area contributed by atoms with Crippen molar-refractivity contribution in [1.29, 1.82) is 0 Å². The van der Waals surface area contributed by atoms with E-state index in [9.17, 15) is 17.8 Å². The number of hydrogen-bond donors (Lipinski definition) is 3. The summed E-state index contributed by atoms with van der Waals surface area (Å²) in [6.07, 6.45) is 0. The number of aromatic amines is 1. The molecule has 1 aromatic heterocycles. The largest absolute Gasteiger partial charge is 0.322 e. The van der Waals surface area contributed by atoms with Gasteiger partial charge in [0.2, 0.25) is 4.77 Å². The minimum atomic E-state index is -4.51. The van der Waals surface area contributed by atoms with Crippen LogP contribution in [-0.2, 0) is 10.1 Å². The Bertz CT molecular complexity index is 1090. The molecule has 0 radical (unpaired) electrons. The van der Waals surface area contributed by atoms with E-state index in [1.54, 1.807) is 24.3 Å². The number of nitrogens with one attached hydrogen (secondary N) is 2. The summed E-state index contributed by atoms with van der Waals surface area (Å²) >= 11 is 4.99. The molecule has 1 heterocycles. The Morgan fingerprint density at radius 2 is 1.84 bits per heavy atom. The van der Waals surface area contributed by atoms with Gasteiger partial charge in [-0.3, -0.25) is 9.35 Å². The van der Waals surface area contributed by atoms with E-state index in [4.69, 9.17) is 12.2 Å². The number of rotatable bonds is 4. The summed E-state index contributed by atoms with van der Waals surface area (Å²) in [5.74, 6) is -0.666. The van der Waals surface area contributed by atoms with Crippen molar-refractivity contribution in [3.05, 3.63) is 58.9 Å². The molecule has 0 fully saturated rings. The second-order valence-electron chi connectivity index (χ2n) is 4.89. The van der Waals surface area contributed by atoms with E-state index < -0.39 is 20.9 Å². The van der Waals surface area contributed by atoms with E-state index in [0.29, 0.717) is 11.4 Å². The molecular weight excluding hydrogens is 366 g/mol. The van der Waals surface area contributed by atoms with E-state index >= 15 is 0 Å². The first-order valence-corrected chi connectivity index (χ1v) is 8.69. The second-order valence-corrected chi connectivity index (χ2v) is 6.65. The SMILES string of the molecule is O=C(Nc1ccc(-n2[nH]nnc2=S)cc1)c1ccccc1S(=O)(=O)O. The van der Waals surface area contributed by atoms with Crippen molar-refractivity contribution in [3.63, 3.8) is 0 Å². The quantitative estimate of drug-likeness (QED) is 0.467.